The van der Waals surface area contributed by atoms with Crippen LogP contribution in [0.4, 0.5) is 0 Å². The number of aryl methyl sites for hydroxylation is 4. The molecule has 145 heavy (non-hydrogen) atoms. The molecule has 0 bridgehead atoms. The first-order valence-corrected chi connectivity index (χ1v) is 46.4. The molecular formula is C100H87ClN36O8. The number of hydrogen-bond acceptors (Lipinski definition) is 26. The fourth-order valence-electron chi connectivity index (χ4n) is 17.2. The fraction of sp³-hybridized carbons (Fsp3) is 0.160. The van der Waals surface area contributed by atoms with Gasteiger partial charge in [-0.05, 0) is 145 Å². The van der Waals surface area contributed by atoms with Crippen molar-refractivity contribution < 1.29 is 9.84 Å². The molecule has 0 aromatic carbocycles. The lowest BCUT2D eigenvalue weighted by Crippen LogP contribution is -2.22. The molecule has 44 nitrogen and oxygen atoms in total. The van der Waals surface area contributed by atoms with Crippen LogP contribution in [0.2, 0.25) is 5.02 Å². The maximum Gasteiger partial charge on any atom is 0.315 e. The summed E-state index contributed by atoms with van der Waals surface area (Å²) < 4.78 is 22.1. The molecule has 0 amide bonds. The molecule has 24 aromatic heterocycles. The van der Waals surface area contributed by atoms with Crippen molar-refractivity contribution >= 4 is 45.5 Å². The standard InChI is InChI=1S/C18H16N6O.C17H16N6O2.C17H14N6O.C17H16N6O.C16H14N6O2.C15H11ClN6O/c1-11-16(12-5-6-12)22-17-14(9-21-24(17)18(11)25)13-8-20-23(10-13)15-4-2-3-7-19-15;1-2-12-14(10-24)21-16-13(8-20-23(16)17(12)25)11-7-19-22(9-11)15-5-3-4-6-18-15;24-17-12-4-3-5-14(12)21-16-13(9-20-23(16)17)11-8-19-22(10-11)15-6-1-2-7-18-15;1-3-11-10(2)21-16-12(8-20-23(16)17(11)24)14-9-19-15(22-14)13-6-4-5-7-18-13;1-10-14(24-2)16(23)22-15(20-10)12(8-19-22)11-7-18-21(9-11)13-5-3-4-6-17-13;1-9-13(16)15(23)22-14(20-9)11(7-19-22)10-6-18-21(8-10)12-4-2-3-5-17-12/h2-4,7-10,12,21H,5-6H2,1H3;3-9,20,24H,2,10H2,1H3;1-2,6-10,20H,3-5H2;4-9,20H,3H2,1-2H3,(H,19,22);3-9,19H,1-2H3;2-8,19H,1H3. The Hall–Kier alpha value is -19.3. The zero-order valence-electron chi connectivity index (χ0n) is 78.6. The summed E-state index contributed by atoms with van der Waals surface area (Å²) in [5.41, 5.74) is 20.0. The highest BCUT2D eigenvalue weighted by atomic mass is 35.5. The van der Waals surface area contributed by atoms with Gasteiger partial charge in [0, 0.05) is 195 Å². The molecule has 2 aliphatic rings. The van der Waals surface area contributed by atoms with Crippen LogP contribution in [0, 0.1) is 27.7 Å². The van der Waals surface area contributed by atoms with Crippen molar-refractivity contribution in [2.24, 2.45) is 0 Å². The number of rotatable bonds is 17. The topological polar surface area (TPSA) is 526 Å². The molecule has 24 heterocycles. The van der Waals surface area contributed by atoms with E-state index in [0.29, 0.717) is 98.6 Å². The summed E-state index contributed by atoms with van der Waals surface area (Å²) >= 11 is 5.96. The van der Waals surface area contributed by atoms with E-state index < -0.39 is 0 Å². The minimum absolute atomic E-state index is 0.0101. The van der Waals surface area contributed by atoms with E-state index in [0.717, 1.165) is 150 Å². The van der Waals surface area contributed by atoms with E-state index in [1.807, 2.05) is 168 Å². The van der Waals surface area contributed by atoms with Crippen molar-refractivity contribution in [3.05, 3.63) is 375 Å². The van der Waals surface area contributed by atoms with Gasteiger partial charge in [0.2, 0.25) is 5.75 Å². The number of ether oxygens (including phenoxy) is 1. The predicted molar refractivity (Wildman–Crippen MR) is 537 cm³/mol. The minimum Gasteiger partial charge on any atom is -0.490 e. The number of aromatic amines is 7. The molecule has 0 atom stereocenters. The monoisotopic (exact) mass is 1950 g/mol. The summed E-state index contributed by atoms with van der Waals surface area (Å²) in [4.78, 5) is 135. The highest BCUT2D eigenvalue weighted by molar-refractivity contribution is 6.31. The molecule has 0 saturated heterocycles. The molecular weight excluding hydrogens is 1870 g/mol. The molecule has 0 unspecified atom stereocenters. The van der Waals surface area contributed by atoms with E-state index in [1.54, 1.807) is 149 Å². The summed E-state index contributed by atoms with van der Waals surface area (Å²) in [6.07, 6.45) is 46.5. The molecule has 722 valence electrons. The van der Waals surface area contributed by atoms with Crippen molar-refractivity contribution in [2.45, 2.75) is 99.0 Å². The summed E-state index contributed by atoms with van der Waals surface area (Å²) in [6, 6.07) is 33.8. The number of pyridine rings is 6. The average molecular weight is 1960 g/mol. The van der Waals surface area contributed by atoms with Gasteiger partial charge in [-0.25, -0.2) is 101 Å². The van der Waals surface area contributed by atoms with Crippen LogP contribution in [0.15, 0.2) is 280 Å². The molecule has 1 fully saturated rings. The van der Waals surface area contributed by atoms with Gasteiger partial charge in [-0.3, -0.25) is 64.3 Å². The molecule has 26 rings (SSSR count). The summed E-state index contributed by atoms with van der Waals surface area (Å²) in [7, 11) is 1.46. The average Bonchev–Trinajstić information content (AvgIpc) is 1.63. The zero-order valence-corrected chi connectivity index (χ0v) is 79.3. The lowest BCUT2D eigenvalue weighted by atomic mass is 10.1. The van der Waals surface area contributed by atoms with Gasteiger partial charge in [-0.2, -0.15) is 34.5 Å². The Morgan fingerprint density at radius 1 is 0.386 bits per heavy atom. The van der Waals surface area contributed by atoms with Gasteiger partial charge in [0.25, 0.3) is 27.8 Å². The van der Waals surface area contributed by atoms with Crippen LogP contribution in [-0.4, -0.2) is 189 Å². The smallest absolute Gasteiger partial charge is 0.315 e. The van der Waals surface area contributed by atoms with Crippen molar-refractivity contribution in [1.29, 1.82) is 0 Å². The Bertz CT molecular complexity index is 9090. The first-order valence-electron chi connectivity index (χ1n) is 46.0. The number of fused-ring (bicyclic) bond motifs is 7. The number of aliphatic hydroxyl groups excluding tert-OH is 1. The maximum absolute atomic E-state index is 12.6. The lowest BCUT2D eigenvalue weighted by molar-refractivity contribution is 0.275. The van der Waals surface area contributed by atoms with Crippen LogP contribution in [0.1, 0.15) is 95.4 Å². The van der Waals surface area contributed by atoms with Gasteiger partial charge in [0.05, 0.1) is 90.6 Å². The molecule has 45 heteroatoms. The Labute approximate surface area is 821 Å². The van der Waals surface area contributed by atoms with Gasteiger partial charge in [0.15, 0.2) is 68.8 Å². The molecule has 0 aliphatic heterocycles. The van der Waals surface area contributed by atoms with Crippen molar-refractivity contribution in [2.75, 3.05) is 7.11 Å². The van der Waals surface area contributed by atoms with Gasteiger partial charge < -0.3 is 14.8 Å². The van der Waals surface area contributed by atoms with E-state index >= 15 is 0 Å². The third-order valence-electron chi connectivity index (χ3n) is 24.7. The van der Waals surface area contributed by atoms with Gasteiger partial charge in [-0.1, -0.05) is 61.8 Å². The fourth-order valence-corrected chi connectivity index (χ4v) is 17.3. The van der Waals surface area contributed by atoms with Crippen molar-refractivity contribution in [1.82, 2.24) is 176 Å². The largest absolute Gasteiger partial charge is 0.490 e. The molecule has 0 spiro atoms. The second kappa shape index (κ2) is 39.2. The zero-order chi connectivity index (χ0) is 99.8. The number of hydrogen-bond donors (Lipinski definition) is 8. The van der Waals surface area contributed by atoms with Gasteiger partial charge >= 0.3 is 5.56 Å². The number of nitrogens with zero attached hydrogens (tertiary/aromatic N) is 29. The number of H-pyrrole nitrogens is 7. The number of halogens is 1. The Morgan fingerprint density at radius 3 is 1.17 bits per heavy atom. The van der Waals surface area contributed by atoms with Crippen molar-refractivity contribution in [3.8, 4) is 113 Å². The van der Waals surface area contributed by atoms with E-state index in [9.17, 15) is 33.9 Å². The first-order chi connectivity index (χ1) is 70.8. The Morgan fingerprint density at radius 2 is 0.759 bits per heavy atom. The van der Waals surface area contributed by atoms with Crippen LogP contribution in [0.5, 0.6) is 5.75 Å². The number of nitrogens with one attached hydrogen (secondary N) is 7. The van der Waals surface area contributed by atoms with E-state index in [-0.39, 0.29) is 50.7 Å². The highest BCUT2D eigenvalue weighted by Crippen LogP contribution is 2.41. The number of aromatic nitrogens is 36. The van der Waals surface area contributed by atoms with Gasteiger partial charge in [0.1, 0.15) is 10.7 Å². The summed E-state index contributed by atoms with van der Waals surface area (Å²) in [5, 5.41) is 49.1. The van der Waals surface area contributed by atoms with Crippen LogP contribution in [-0.2, 0) is 32.3 Å². The van der Waals surface area contributed by atoms with Gasteiger partial charge in [-0.15, -0.1) is 0 Å². The number of methoxy groups -OCH3 is 1. The lowest BCUT2D eigenvalue weighted by Gasteiger charge is -2.05. The molecule has 2 aliphatic carbocycles. The number of aliphatic hydroxyl groups is 1. The first kappa shape index (κ1) is 92.1. The second-order valence-electron chi connectivity index (χ2n) is 33.7. The quantitative estimate of drug-likeness (QED) is 0.0420. The Kier molecular flexibility index (Phi) is 24.9. The third kappa shape index (κ3) is 17.7. The predicted octanol–water partition coefficient (Wildman–Crippen LogP) is 11.7. The van der Waals surface area contributed by atoms with Crippen LogP contribution in [0.25, 0.3) is 141 Å². The van der Waals surface area contributed by atoms with E-state index in [2.05, 4.69) is 116 Å². The molecule has 1 saturated carbocycles. The maximum atomic E-state index is 12.6. The Balaban J connectivity index is 0.000000102. The van der Waals surface area contributed by atoms with Crippen LogP contribution < -0.4 is 38.1 Å². The van der Waals surface area contributed by atoms with Crippen LogP contribution in [0.3, 0.4) is 0 Å². The molecule has 8 N–H and O–H groups in total. The third-order valence-corrected chi connectivity index (χ3v) is 25.1. The van der Waals surface area contributed by atoms with Crippen LogP contribution >= 0.6 is 11.6 Å². The summed E-state index contributed by atoms with van der Waals surface area (Å²) in [5.74, 6) is 4.94. The summed E-state index contributed by atoms with van der Waals surface area (Å²) in [6.45, 7) is 10.7. The second-order valence-corrected chi connectivity index (χ2v) is 34.1. The highest BCUT2D eigenvalue weighted by Gasteiger charge is 2.31. The van der Waals surface area contributed by atoms with Crippen molar-refractivity contribution in [3.63, 3.8) is 0 Å². The minimum atomic E-state index is -0.322. The van der Waals surface area contributed by atoms with E-state index in [4.69, 9.17) is 26.3 Å². The normalized spacial score (nSPS) is 12.1. The molecule has 0 radical (unpaired) electrons. The van der Waals surface area contributed by atoms with E-state index in [1.165, 1.54) is 34.2 Å². The molecule has 24 aromatic rings. The SMILES string of the molecule is CCc1c(C)nc2c(-c3cnc(-c4ccccn4)[nH]3)c[nH]n2c1=O.CCc1c(CO)nc2c(-c3cnn(-c4ccccn4)c3)c[nH]n2c1=O.COc1c(C)nc2c(-c3cnn(-c4ccccn4)c3)c[nH]n2c1=O.Cc1c(C2CC2)nc2c(-c3cnn(-c4ccccn4)c3)c[nH]n2c1=O.Cc1nc2c(-c3cnn(-c4ccccn4)c3)c[nH]n2c(=O)c1Cl.O=c1c2c(nc3c(-c4cnn(-c5ccccn5)c4)c[nH]n13)CCC2. The number of imidazole rings is 1.